The number of nitrogens with zero attached hydrogens (tertiary/aromatic N) is 2. The molecule has 1 amide bonds. The first-order valence-corrected chi connectivity index (χ1v) is 9.90. The van der Waals surface area contributed by atoms with Gasteiger partial charge in [-0.3, -0.25) is 4.79 Å². The molecular weight excluding hydrogens is 340 g/mol. The van der Waals surface area contributed by atoms with Crippen LogP contribution in [0.2, 0.25) is 0 Å². The fourth-order valence-electron chi connectivity index (χ4n) is 1.94. The van der Waals surface area contributed by atoms with Gasteiger partial charge in [0.1, 0.15) is 0 Å². The number of hydrogen-bond donors (Lipinski definition) is 2. The molecule has 0 spiro atoms. The van der Waals surface area contributed by atoms with Gasteiger partial charge in [-0.1, -0.05) is 56.0 Å². The first-order chi connectivity index (χ1) is 11.5. The molecule has 0 aliphatic rings. The van der Waals surface area contributed by atoms with Crippen molar-refractivity contribution in [2.45, 2.75) is 50.4 Å². The zero-order chi connectivity index (χ0) is 17.5. The first kappa shape index (κ1) is 18.7. The third-order valence-corrected chi connectivity index (χ3v) is 5.55. The van der Waals surface area contributed by atoms with Crippen molar-refractivity contribution in [3.63, 3.8) is 0 Å². The quantitative estimate of drug-likeness (QED) is 0.679. The molecule has 0 fully saturated rings. The monoisotopic (exact) mass is 364 g/mol. The van der Waals surface area contributed by atoms with E-state index in [0.717, 1.165) is 21.6 Å². The Morgan fingerprint density at radius 3 is 2.54 bits per heavy atom. The first-order valence-electron chi connectivity index (χ1n) is 8.10. The number of hydrogen-bond acceptors (Lipinski definition) is 6. The Bertz CT molecular complexity index is 655. The Hall–Kier alpha value is -1.60. The van der Waals surface area contributed by atoms with Crippen LogP contribution in [0.5, 0.6) is 0 Å². The van der Waals surface area contributed by atoms with Crippen LogP contribution < -0.4 is 10.6 Å². The Balaban J connectivity index is 1.85. The maximum Gasteiger partial charge on any atom is 0.230 e. The molecule has 1 aromatic carbocycles. The second kappa shape index (κ2) is 9.03. The minimum atomic E-state index is 0.0309. The lowest BCUT2D eigenvalue weighted by Gasteiger charge is -2.10. The fraction of sp³-hybridized carbons (Fsp3) is 0.471. The van der Waals surface area contributed by atoms with Gasteiger partial charge in [-0.05, 0) is 37.0 Å². The molecule has 5 nitrogen and oxygen atoms in total. The average Bonchev–Trinajstić information content (AvgIpc) is 3.00. The van der Waals surface area contributed by atoms with Gasteiger partial charge in [0.25, 0.3) is 0 Å². The SMILES string of the molecule is CC[C@H](C)NC(=O)CSc1nnc(Nc2ccc(C(C)C)cc2)s1. The second-order valence-electron chi connectivity index (χ2n) is 5.94. The van der Waals surface area contributed by atoms with Crippen molar-refractivity contribution in [3.8, 4) is 0 Å². The molecule has 0 unspecified atom stereocenters. The van der Waals surface area contributed by atoms with Crippen molar-refractivity contribution in [1.29, 1.82) is 0 Å². The fourth-order valence-corrected chi connectivity index (χ4v) is 3.52. The van der Waals surface area contributed by atoms with Crippen molar-refractivity contribution >= 4 is 39.8 Å². The molecule has 0 aliphatic heterocycles. The average molecular weight is 365 g/mol. The summed E-state index contributed by atoms with van der Waals surface area (Å²) in [5, 5.41) is 15.2. The molecule has 2 rings (SSSR count). The number of aromatic nitrogens is 2. The number of thioether (sulfide) groups is 1. The summed E-state index contributed by atoms with van der Waals surface area (Å²) in [6.07, 6.45) is 0.929. The number of rotatable bonds is 8. The van der Waals surface area contributed by atoms with Crippen molar-refractivity contribution in [3.05, 3.63) is 29.8 Å². The highest BCUT2D eigenvalue weighted by Gasteiger charge is 2.10. The van der Waals surface area contributed by atoms with Crippen molar-refractivity contribution < 1.29 is 4.79 Å². The number of benzene rings is 1. The second-order valence-corrected chi connectivity index (χ2v) is 8.14. The molecule has 0 bridgehead atoms. The van der Waals surface area contributed by atoms with E-state index in [1.54, 1.807) is 0 Å². The van der Waals surface area contributed by atoms with Gasteiger partial charge in [-0.15, -0.1) is 10.2 Å². The summed E-state index contributed by atoms with van der Waals surface area (Å²) in [6.45, 7) is 8.40. The van der Waals surface area contributed by atoms with Gasteiger partial charge in [0.2, 0.25) is 11.0 Å². The van der Waals surface area contributed by atoms with Crippen LogP contribution in [0, 0.1) is 0 Å². The Kier molecular flexibility index (Phi) is 7.05. The summed E-state index contributed by atoms with van der Waals surface area (Å²) in [7, 11) is 0. The van der Waals surface area contributed by atoms with E-state index < -0.39 is 0 Å². The van der Waals surface area contributed by atoms with Crippen molar-refractivity contribution in [2.75, 3.05) is 11.1 Å². The number of carbonyl (C=O) groups is 1. The van der Waals surface area contributed by atoms with Crippen molar-refractivity contribution in [1.82, 2.24) is 15.5 Å². The third kappa shape index (κ3) is 5.79. The summed E-state index contributed by atoms with van der Waals surface area (Å²) in [6, 6.07) is 8.52. The van der Waals surface area contributed by atoms with E-state index in [-0.39, 0.29) is 11.9 Å². The van der Waals surface area contributed by atoms with Gasteiger partial charge in [-0.25, -0.2) is 0 Å². The molecule has 0 radical (unpaired) electrons. The van der Waals surface area contributed by atoms with Crippen LogP contribution in [0.15, 0.2) is 28.6 Å². The zero-order valence-electron chi connectivity index (χ0n) is 14.5. The molecule has 130 valence electrons. The predicted octanol–water partition coefficient (Wildman–Crippen LogP) is 4.41. The van der Waals surface area contributed by atoms with Gasteiger partial charge in [0.05, 0.1) is 5.75 Å². The number of anilines is 2. The molecular formula is C17H24N4OS2. The van der Waals surface area contributed by atoms with Gasteiger partial charge in [0, 0.05) is 11.7 Å². The number of nitrogens with one attached hydrogen (secondary N) is 2. The van der Waals surface area contributed by atoms with E-state index in [9.17, 15) is 4.79 Å². The van der Waals surface area contributed by atoms with Crippen LogP contribution in [0.25, 0.3) is 0 Å². The van der Waals surface area contributed by atoms with Crippen LogP contribution in [-0.2, 0) is 4.79 Å². The maximum absolute atomic E-state index is 11.8. The summed E-state index contributed by atoms with van der Waals surface area (Å²) in [5.74, 6) is 0.913. The normalized spacial score (nSPS) is 12.2. The Labute approximate surface area is 151 Å². The van der Waals surface area contributed by atoms with Gasteiger partial charge in [-0.2, -0.15) is 0 Å². The highest BCUT2D eigenvalue weighted by Crippen LogP contribution is 2.28. The lowest BCUT2D eigenvalue weighted by atomic mass is 10.0. The predicted molar refractivity (Wildman–Crippen MR) is 102 cm³/mol. The highest BCUT2D eigenvalue weighted by molar-refractivity contribution is 8.01. The van der Waals surface area contributed by atoms with E-state index in [4.69, 9.17) is 0 Å². The maximum atomic E-state index is 11.8. The Morgan fingerprint density at radius 2 is 1.92 bits per heavy atom. The standard InChI is InChI=1S/C17H24N4OS2/c1-5-12(4)18-15(22)10-23-17-21-20-16(24-17)19-14-8-6-13(7-9-14)11(2)3/h6-9,11-12H,5,10H2,1-4H3,(H,18,22)(H,19,20)/t12-/m0/s1. The molecule has 0 saturated heterocycles. The Morgan fingerprint density at radius 1 is 1.21 bits per heavy atom. The number of amides is 1. The minimum absolute atomic E-state index is 0.0309. The summed E-state index contributed by atoms with van der Waals surface area (Å²) in [5.41, 5.74) is 2.29. The van der Waals surface area contributed by atoms with E-state index in [2.05, 4.69) is 53.7 Å². The summed E-state index contributed by atoms with van der Waals surface area (Å²) >= 11 is 2.87. The van der Waals surface area contributed by atoms with E-state index in [0.29, 0.717) is 11.7 Å². The molecule has 1 atom stereocenters. The van der Waals surface area contributed by atoms with Gasteiger partial charge < -0.3 is 10.6 Å². The van der Waals surface area contributed by atoms with Crippen LogP contribution in [0.1, 0.15) is 45.6 Å². The topological polar surface area (TPSA) is 66.9 Å². The molecule has 24 heavy (non-hydrogen) atoms. The summed E-state index contributed by atoms with van der Waals surface area (Å²) in [4.78, 5) is 11.8. The molecule has 7 heteroatoms. The molecule has 0 saturated carbocycles. The van der Waals surface area contributed by atoms with E-state index >= 15 is 0 Å². The zero-order valence-corrected chi connectivity index (χ0v) is 16.1. The third-order valence-electron chi connectivity index (χ3n) is 3.58. The lowest BCUT2D eigenvalue weighted by Crippen LogP contribution is -2.33. The van der Waals surface area contributed by atoms with Crippen molar-refractivity contribution in [2.24, 2.45) is 0 Å². The van der Waals surface area contributed by atoms with Crippen LogP contribution in [-0.4, -0.2) is 27.9 Å². The molecule has 1 heterocycles. The van der Waals surface area contributed by atoms with Gasteiger partial charge in [0.15, 0.2) is 4.34 Å². The van der Waals surface area contributed by atoms with Crippen LogP contribution >= 0.6 is 23.1 Å². The lowest BCUT2D eigenvalue weighted by molar-refractivity contribution is -0.119. The highest BCUT2D eigenvalue weighted by atomic mass is 32.2. The smallest absolute Gasteiger partial charge is 0.230 e. The van der Waals surface area contributed by atoms with E-state index in [1.165, 1.54) is 28.7 Å². The van der Waals surface area contributed by atoms with Gasteiger partial charge >= 0.3 is 0 Å². The number of carbonyl (C=O) groups excluding carboxylic acids is 1. The largest absolute Gasteiger partial charge is 0.353 e. The van der Waals surface area contributed by atoms with E-state index in [1.807, 2.05) is 19.1 Å². The van der Waals surface area contributed by atoms with Crippen LogP contribution in [0.3, 0.4) is 0 Å². The molecule has 2 N–H and O–H groups in total. The molecule has 1 aromatic heterocycles. The minimum Gasteiger partial charge on any atom is -0.353 e. The summed E-state index contributed by atoms with van der Waals surface area (Å²) < 4.78 is 0.788. The molecule has 0 aliphatic carbocycles. The van der Waals surface area contributed by atoms with Crippen LogP contribution in [0.4, 0.5) is 10.8 Å². The molecule has 2 aromatic rings.